The average molecular weight is 259 g/mol. The van der Waals surface area contributed by atoms with Gasteiger partial charge >= 0.3 is 0 Å². The molecular weight excluding hydrogens is 234 g/mol. The number of benzene rings is 1. The van der Waals surface area contributed by atoms with E-state index in [-0.39, 0.29) is 0 Å². The Labute approximate surface area is 116 Å². The maximum Gasteiger partial charge on any atom is 0.0429 e. The van der Waals surface area contributed by atoms with Gasteiger partial charge in [-0.25, -0.2) is 0 Å². The van der Waals surface area contributed by atoms with Crippen molar-refractivity contribution in [3.63, 3.8) is 0 Å². The fourth-order valence-electron chi connectivity index (χ4n) is 3.54. The molecule has 1 aromatic rings. The van der Waals surface area contributed by atoms with E-state index in [0.29, 0.717) is 6.04 Å². The van der Waals surface area contributed by atoms with E-state index in [1.54, 1.807) is 0 Å². The molecule has 1 aromatic carbocycles. The molecule has 2 fully saturated rings. The van der Waals surface area contributed by atoms with Gasteiger partial charge in [0.2, 0.25) is 0 Å². The summed E-state index contributed by atoms with van der Waals surface area (Å²) in [4.78, 5) is 4.86. The van der Waals surface area contributed by atoms with E-state index in [9.17, 15) is 0 Å². The zero-order valence-corrected chi connectivity index (χ0v) is 12.1. The van der Waals surface area contributed by atoms with Gasteiger partial charge in [-0.2, -0.15) is 0 Å². The summed E-state index contributed by atoms with van der Waals surface area (Å²) < 4.78 is 0. The number of anilines is 1. The molecule has 1 N–H and O–H groups in total. The minimum Gasteiger partial charge on any atom is -0.381 e. The van der Waals surface area contributed by atoms with Crippen LogP contribution in [0.5, 0.6) is 0 Å². The maximum atomic E-state index is 3.74. The van der Waals surface area contributed by atoms with Crippen molar-refractivity contribution in [3.05, 3.63) is 29.8 Å². The molecule has 2 unspecified atom stereocenters. The lowest BCUT2D eigenvalue weighted by Crippen LogP contribution is -2.33. The quantitative estimate of drug-likeness (QED) is 0.896. The molecule has 0 radical (unpaired) electrons. The van der Waals surface area contributed by atoms with Gasteiger partial charge in [-0.3, -0.25) is 4.90 Å². The first-order valence-electron chi connectivity index (χ1n) is 7.46. The molecule has 3 nitrogen and oxygen atoms in total. The van der Waals surface area contributed by atoms with Crippen molar-refractivity contribution in [3.8, 4) is 0 Å². The van der Waals surface area contributed by atoms with E-state index in [4.69, 9.17) is 0 Å². The van der Waals surface area contributed by atoms with Crippen molar-refractivity contribution in [1.82, 2.24) is 9.80 Å². The number of hydrogen-bond acceptors (Lipinski definition) is 3. The molecule has 2 aliphatic heterocycles. The van der Waals surface area contributed by atoms with E-state index in [2.05, 4.69) is 53.5 Å². The summed E-state index contributed by atoms with van der Waals surface area (Å²) in [6, 6.07) is 10.4. The lowest BCUT2D eigenvalue weighted by Gasteiger charge is -2.22. The Hall–Kier alpha value is -1.06. The van der Waals surface area contributed by atoms with Gasteiger partial charge in [0.1, 0.15) is 0 Å². The van der Waals surface area contributed by atoms with Gasteiger partial charge in [0.15, 0.2) is 0 Å². The van der Waals surface area contributed by atoms with Crippen LogP contribution in [0.3, 0.4) is 0 Å². The van der Waals surface area contributed by atoms with E-state index in [1.165, 1.54) is 43.6 Å². The fourth-order valence-corrected chi connectivity index (χ4v) is 3.54. The van der Waals surface area contributed by atoms with Gasteiger partial charge in [-0.05, 0) is 57.6 Å². The molecule has 0 bridgehead atoms. The SMILES string of the molecule is CN(C)Cc1ccc(NC2CCN3CCCC23)cc1. The van der Waals surface area contributed by atoms with Gasteiger partial charge < -0.3 is 10.2 Å². The van der Waals surface area contributed by atoms with Gasteiger partial charge in [-0.1, -0.05) is 12.1 Å². The maximum absolute atomic E-state index is 3.74. The van der Waals surface area contributed by atoms with Crippen LogP contribution >= 0.6 is 0 Å². The standard InChI is InChI=1S/C16H25N3/c1-18(2)12-13-5-7-14(8-6-13)17-15-9-11-19-10-3-4-16(15)19/h5-8,15-17H,3-4,9-12H2,1-2H3. The van der Waals surface area contributed by atoms with Crippen LogP contribution in [-0.2, 0) is 6.54 Å². The molecule has 19 heavy (non-hydrogen) atoms. The third-order valence-electron chi connectivity index (χ3n) is 4.41. The highest BCUT2D eigenvalue weighted by Crippen LogP contribution is 2.30. The first-order valence-corrected chi connectivity index (χ1v) is 7.46. The van der Waals surface area contributed by atoms with Crippen molar-refractivity contribution >= 4 is 5.69 Å². The van der Waals surface area contributed by atoms with Crippen LogP contribution in [-0.4, -0.2) is 49.1 Å². The molecule has 2 saturated heterocycles. The smallest absolute Gasteiger partial charge is 0.0429 e. The monoisotopic (exact) mass is 259 g/mol. The molecule has 0 spiro atoms. The van der Waals surface area contributed by atoms with E-state index < -0.39 is 0 Å². The summed E-state index contributed by atoms with van der Waals surface area (Å²) in [5.41, 5.74) is 2.66. The Morgan fingerprint density at radius 3 is 2.68 bits per heavy atom. The van der Waals surface area contributed by atoms with Crippen LogP contribution < -0.4 is 5.32 Å². The number of rotatable bonds is 4. The zero-order valence-electron chi connectivity index (χ0n) is 12.1. The van der Waals surface area contributed by atoms with Crippen LogP contribution in [0.2, 0.25) is 0 Å². The second kappa shape index (κ2) is 5.51. The topological polar surface area (TPSA) is 18.5 Å². The summed E-state index contributed by atoms with van der Waals surface area (Å²) >= 11 is 0. The van der Waals surface area contributed by atoms with E-state index >= 15 is 0 Å². The number of hydrogen-bond donors (Lipinski definition) is 1. The third kappa shape index (κ3) is 2.93. The van der Waals surface area contributed by atoms with Crippen molar-refractivity contribution in [2.24, 2.45) is 0 Å². The molecule has 3 heteroatoms. The normalized spacial score (nSPS) is 26.9. The molecule has 104 valence electrons. The first kappa shape index (κ1) is 12.9. The Morgan fingerprint density at radius 2 is 1.95 bits per heavy atom. The predicted octanol–water partition coefficient (Wildman–Crippen LogP) is 2.40. The van der Waals surface area contributed by atoms with Gasteiger partial charge in [-0.15, -0.1) is 0 Å². The van der Waals surface area contributed by atoms with Crippen LogP contribution in [0, 0.1) is 0 Å². The third-order valence-corrected chi connectivity index (χ3v) is 4.41. The van der Waals surface area contributed by atoms with Crippen molar-refractivity contribution < 1.29 is 0 Å². The fraction of sp³-hybridized carbons (Fsp3) is 0.625. The van der Waals surface area contributed by atoms with E-state index in [0.717, 1.165) is 12.6 Å². The lowest BCUT2D eigenvalue weighted by atomic mass is 10.1. The Balaban J connectivity index is 1.60. The highest BCUT2D eigenvalue weighted by molar-refractivity contribution is 5.46. The van der Waals surface area contributed by atoms with Crippen molar-refractivity contribution in [2.75, 3.05) is 32.5 Å². The molecule has 0 amide bonds. The zero-order chi connectivity index (χ0) is 13.2. The summed E-state index contributed by atoms with van der Waals surface area (Å²) in [7, 11) is 4.22. The molecule has 2 heterocycles. The lowest BCUT2D eigenvalue weighted by molar-refractivity contribution is 0.318. The predicted molar refractivity (Wildman–Crippen MR) is 80.5 cm³/mol. The van der Waals surface area contributed by atoms with Crippen molar-refractivity contribution in [1.29, 1.82) is 0 Å². The Bertz CT molecular complexity index is 413. The second-order valence-corrected chi connectivity index (χ2v) is 6.22. The molecule has 0 saturated carbocycles. The molecule has 2 atom stereocenters. The van der Waals surface area contributed by atoms with Gasteiger partial charge in [0.05, 0.1) is 0 Å². The van der Waals surface area contributed by atoms with E-state index in [1.807, 2.05) is 0 Å². The highest BCUT2D eigenvalue weighted by atomic mass is 15.2. The highest BCUT2D eigenvalue weighted by Gasteiger charge is 2.36. The number of nitrogens with one attached hydrogen (secondary N) is 1. The molecule has 3 rings (SSSR count). The van der Waals surface area contributed by atoms with Gasteiger partial charge in [0, 0.05) is 30.9 Å². The summed E-state index contributed by atoms with van der Waals surface area (Å²) in [6.07, 6.45) is 4.05. The van der Waals surface area contributed by atoms with Gasteiger partial charge in [0.25, 0.3) is 0 Å². The minimum absolute atomic E-state index is 0.655. The number of fused-ring (bicyclic) bond motifs is 1. The van der Waals surface area contributed by atoms with Crippen molar-refractivity contribution in [2.45, 2.75) is 37.9 Å². The molecule has 2 aliphatic rings. The van der Waals surface area contributed by atoms with Crippen LogP contribution in [0.1, 0.15) is 24.8 Å². The van der Waals surface area contributed by atoms with Crippen LogP contribution in [0.25, 0.3) is 0 Å². The summed E-state index contributed by atoms with van der Waals surface area (Å²) in [5, 5.41) is 3.74. The average Bonchev–Trinajstić information content (AvgIpc) is 2.96. The summed E-state index contributed by atoms with van der Waals surface area (Å²) in [5.74, 6) is 0. The van der Waals surface area contributed by atoms with Crippen LogP contribution in [0.4, 0.5) is 5.69 Å². The molecular formula is C16H25N3. The Kier molecular flexibility index (Phi) is 3.76. The largest absolute Gasteiger partial charge is 0.381 e. The minimum atomic E-state index is 0.655. The summed E-state index contributed by atoms with van der Waals surface area (Å²) in [6.45, 7) is 3.60. The first-order chi connectivity index (χ1) is 9.22. The molecule has 0 aliphatic carbocycles. The Morgan fingerprint density at radius 1 is 1.16 bits per heavy atom. The second-order valence-electron chi connectivity index (χ2n) is 6.22. The number of nitrogens with zero attached hydrogens (tertiary/aromatic N) is 2. The molecule has 0 aromatic heterocycles. The van der Waals surface area contributed by atoms with Crippen LogP contribution in [0.15, 0.2) is 24.3 Å².